The van der Waals surface area contributed by atoms with Crippen LogP contribution in [-0.2, 0) is 6.42 Å². The third-order valence-corrected chi connectivity index (χ3v) is 18.8. The maximum absolute atomic E-state index is 15.1. The van der Waals surface area contributed by atoms with Crippen LogP contribution < -0.4 is 37.9 Å². The van der Waals surface area contributed by atoms with E-state index in [0.717, 1.165) is 52.7 Å². The smallest absolute Gasteiger partial charge is 0.162 e. The van der Waals surface area contributed by atoms with Crippen molar-refractivity contribution < 1.29 is 46.7 Å². The molecule has 444 valence electrons. The number of methoxy groups -OCH3 is 1. The van der Waals surface area contributed by atoms with Crippen LogP contribution in [0.4, 0.5) is 8.78 Å². The van der Waals surface area contributed by atoms with Crippen LogP contribution >= 0.6 is 58.5 Å². The molecule has 0 aromatic heterocycles. The average molecular weight is 1230 g/mol. The zero-order valence-electron chi connectivity index (χ0n) is 48.4. The summed E-state index contributed by atoms with van der Waals surface area (Å²) >= 11 is 19.1. The Morgan fingerprint density at radius 2 is 1.23 bits per heavy atom. The second kappa shape index (κ2) is 34.4. The van der Waals surface area contributed by atoms with Gasteiger partial charge in [0.1, 0.15) is 34.5 Å². The van der Waals surface area contributed by atoms with E-state index in [1.54, 1.807) is 30.6 Å². The van der Waals surface area contributed by atoms with Gasteiger partial charge in [-0.25, -0.2) is 8.78 Å². The first-order valence-electron chi connectivity index (χ1n) is 28.7. The van der Waals surface area contributed by atoms with E-state index >= 15 is 4.39 Å². The molecule has 15 heteroatoms. The van der Waals surface area contributed by atoms with Crippen LogP contribution in [0.1, 0.15) is 78.7 Å². The Morgan fingerprint density at radius 1 is 0.530 bits per heavy atom. The highest BCUT2D eigenvalue weighted by molar-refractivity contribution is 8.00. The lowest BCUT2D eigenvalue weighted by atomic mass is 9.64. The average Bonchev–Trinajstić information content (AvgIpc) is 3.50. The number of ether oxygens (including phenoxy) is 8. The zero-order chi connectivity index (χ0) is 58.8. The molecule has 0 aliphatic rings. The van der Waals surface area contributed by atoms with Crippen molar-refractivity contribution in [3.05, 3.63) is 185 Å². The third-order valence-electron chi connectivity index (χ3n) is 14.3. The maximum atomic E-state index is 15.1. The summed E-state index contributed by atoms with van der Waals surface area (Å²) in [6.07, 6.45) is 4.73. The van der Waals surface area contributed by atoms with Crippen molar-refractivity contribution in [1.29, 1.82) is 0 Å². The number of hydrogen-bond donors (Lipinski definition) is 0. The number of aryl methyl sites for hydroxylation is 1. The molecule has 0 aliphatic heterocycles. The molecule has 83 heavy (non-hydrogen) atoms. The first kappa shape index (κ1) is 65.0. The van der Waals surface area contributed by atoms with E-state index in [1.165, 1.54) is 16.5 Å². The Morgan fingerprint density at radius 3 is 1.92 bits per heavy atom. The van der Waals surface area contributed by atoms with Gasteiger partial charge in [-0.3, -0.25) is 0 Å². The fraction of sp³-hybridized carbons (Fsp3) is 0.382. The van der Waals surface area contributed by atoms with E-state index in [-0.39, 0.29) is 35.5 Å². The van der Waals surface area contributed by atoms with Crippen LogP contribution in [-0.4, -0.2) is 69.6 Å². The van der Waals surface area contributed by atoms with Crippen molar-refractivity contribution in [2.45, 2.75) is 106 Å². The monoisotopic (exact) mass is 1230 g/mol. The fourth-order valence-corrected chi connectivity index (χ4v) is 15.0. The van der Waals surface area contributed by atoms with Crippen LogP contribution in [0.3, 0.4) is 0 Å². The summed E-state index contributed by atoms with van der Waals surface area (Å²) in [5.74, 6) is 4.05. The lowest BCUT2D eigenvalue weighted by Crippen LogP contribution is -2.51. The Balaban J connectivity index is 1.43. The molecular formula is C68H78Cl2F2O8S3. The lowest BCUT2D eigenvalue weighted by Gasteiger charge is -2.50. The first-order valence-corrected chi connectivity index (χ1v) is 32.3. The normalized spacial score (nSPS) is 13.5. The lowest BCUT2D eigenvalue weighted by molar-refractivity contribution is 0.0508. The first-order chi connectivity index (χ1) is 40.4. The van der Waals surface area contributed by atoms with Crippen LogP contribution in [0.5, 0.6) is 46.0 Å². The largest absolute Gasteiger partial charge is 0.494 e. The second-order valence-electron chi connectivity index (χ2n) is 20.0. The molecule has 0 saturated heterocycles. The molecule has 7 rings (SSSR count). The summed E-state index contributed by atoms with van der Waals surface area (Å²) in [4.78, 5) is 3.13. The predicted octanol–water partition coefficient (Wildman–Crippen LogP) is 19.3. The summed E-state index contributed by atoms with van der Waals surface area (Å²) in [5, 5.41) is 0.904. The fourth-order valence-electron chi connectivity index (χ4n) is 10.4. The molecular weight excluding hydrogens is 1150 g/mol. The van der Waals surface area contributed by atoms with E-state index in [2.05, 4.69) is 56.3 Å². The Kier molecular flexibility index (Phi) is 26.9. The quantitative estimate of drug-likeness (QED) is 0.0276. The Bertz CT molecular complexity index is 3010. The van der Waals surface area contributed by atoms with Gasteiger partial charge in [0.2, 0.25) is 0 Å². The van der Waals surface area contributed by atoms with E-state index in [0.29, 0.717) is 109 Å². The topological polar surface area (TPSA) is 73.8 Å². The number of thioether (sulfide) groups is 3. The standard InChI is InChI=1S/C68H78Cl2F2O8S3/c1-7-19-49-27-32-64(66(40-49)73-6)79-37-33-50(20-18-36-77-56-43-54(74-8-2)42-55(44-56)75-9-3)68(35-38-78-53-28-31-62(71)63(72)45-53,47-82-58-29-30-61(70)65(46-58)76-10-4)67(83-59-26-17-21-51(69)41-59)60(34-39-81-57-24-15-12-16-25-57)48(5)80-52-22-13-11-14-23-52/h11-17,21-32,40-46,48,50,60,67H,7-10,18-20,33-39,47H2,1-6H3. The number of halogens is 4. The molecule has 7 aromatic rings. The van der Waals surface area contributed by atoms with Crippen molar-refractivity contribution in [1.82, 2.24) is 0 Å². The van der Waals surface area contributed by atoms with Gasteiger partial charge in [0.25, 0.3) is 0 Å². The van der Waals surface area contributed by atoms with E-state index in [4.69, 9.17) is 61.1 Å². The van der Waals surface area contributed by atoms with Gasteiger partial charge < -0.3 is 37.9 Å². The van der Waals surface area contributed by atoms with Gasteiger partial charge in [-0.15, -0.1) is 35.3 Å². The molecule has 0 heterocycles. The molecule has 0 radical (unpaired) electrons. The van der Waals surface area contributed by atoms with Gasteiger partial charge in [0, 0.05) is 60.9 Å². The summed E-state index contributed by atoms with van der Waals surface area (Å²) in [6, 6.07) is 50.0. The summed E-state index contributed by atoms with van der Waals surface area (Å²) in [5.41, 5.74) is 0.471. The highest BCUT2D eigenvalue weighted by atomic mass is 35.5. The molecule has 0 amide bonds. The second-order valence-corrected chi connectivity index (χ2v) is 24.3. The van der Waals surface area contributed by atoms with Crippen molar-refractivity contribution >= 4 is 58.5 Å². The minimum absolute atomic E-state index is 0.130. The van der Waals surface area contributed by atoms with Gasteiger partial charge in [0.15, 0.2) is 23.1 Å². The van der Waals surface area contributed by atoms with Gasteiger partial charge >= 0.3 is 0 Å². The van der Waals surface area contributed by atoms with Crippen molar-refractivity contribution in [3.8, 4) is 46.0 Å². The molecule has 8 nitrogen and oxygen atoms in total. The van der Waals surface area contributed by atoms with E-state index in [1.807, 2.05) is 130 Å². The highest BCUT2D eigenvalue weighted by Gasteiger charge is 2.50. The van der Waals surface area contributed by atoms with E-state index in [9.17, 15) is 4.39 Å². The van der Waals surface area contributed by atoms with Gasteiger partial charge in [0.05, 0.1) is 57.9 Å². The molecule has 0 saturated carbocycles. The highest BCUT2D eigenvalue weighted by Crippen LogP contribution is 2.55. The molecule has 0 fully saturated rings. The van der Waals surface area contributed by atoms with Gasteiger partial charge in [-0.1, -0.05) is 85.1 Å². The van der Waals surface area contributed by atoms with Crippen molar-refractivity contribution in [2.24, 2.45) is 17.3 Å². The maximum Gasteiger partial charge on any atom is 0.162 e. The molecule has 5 unspecified atom stereocenters. The minimum Gasteiger partial charge on any atom is -0.494 e. The van der Waals surface area contributed by atoms with Crippen LogP contribution in [0.15, 0.2) is 172 Å². The van der Waals surface area contributed by atoms with Gasteiger partial charge in [-0.2, -0.15) is 0 Å². The van der Waals surface area contributed by atoms with Crippen LogP contribution in [0.2, 0.25) is 10.0 Å². The number of rotatable bonds is 37. The number of hydrogen-bond acceptors (Lipinski definition) is 11. The molecule has 7 aromatic carbocycles. The summed E-state index contributed by atoms with van der Waals surface area (Å²) in [7, 11) is 1.68. The molecule has 5 atom stereocenters. The molecule has 0 spiro atoms. The van der Waals surface area contributed by atoms with Crippen LogP contribution in [0.25, 0.3) is 0 Å². The van der Waals surface area contributed by atoms with Crippen molar-refractivity contribution in [2.75, 3.05) is 58.3 Å². The van der Waals surface area contributed by atoms with Crippen molar-refractivity contribution in [3.63, 3.8) is 0 Å². The summed E-state index contributed by atoms with van der Waals surface area (Å²) in [6.45, 7) is 12.5. The summed E-state index contributed by atoms with van der Waals surface area (Å²) < 4.78 is 80.9. The minimum atomic E-state index is -0.984. The zero-order valence-corrected chi connectivity index (χ0v) is 52.4. The number of para-hydroxylation sites is 1. The van der Waals surface area contributed by atoms with Gasteiger partial charge in [-0.05, 0) is 174 Å². The number of benzene rings is 7. The Labute approximate surface area is 513 Å². The molecule has 0 bridgehead atoms. The molecule has 0 aliphatic carbocycles. The van der Waals surface area contributed by atoms with E-state index < -0.39 is 17.0 Å². The molecule has 0 N–H and O–H groups in total. The Hall–Kier alpha value is -5.57. The van der Waals surface area contributed by atoms with Crippen LogP contribution in [0, 0.1) is 28.9 Å². The third kappa shape index (κ3) is 20.0. The SMILES string of the molecule is CCCc1ccc(OCCC(CCCOc2cc(OCC)cc(OCC)c2)C(CCOc2ccc(F)c(F)c2)(CSc2ccc(Cl)c(OCC)c2)C(Sc2cccc(Cl)c2)C(CCSc2ccccc2)C(C)Oc2ccccc2)c(OC)c1. The predicted molar refractivity (Wildman–Crippen MR) is 339 cm³/mol.